The molecule has 1 aromatic carbocycles. The Hall–Kier alpha value is -7.26. The van der Waals surface area contributed by atoms with Gasteiger partial charge in [0.2, 0.25) is 35.4 Å². The summed E-state index contributed by atoms with van der Waals surface area (Å²) in [6.45, 7) is 0.143. The standard InChI is InChI=1S/C42H63N15O12/c43-40(64)34(22-58)46-37(61)10-4-1-7-13-55-19-28(49-52-55)25-67-31-16-32(68-26-29-20-56(53-50-29)14-8-2-5-11-38(62)47-35(23-59)41(44)65)18-33(17-31)69-27-30-21-57(54-51-30)15-9-3-6-12-39(63)48-36(24-60)42(45)66/h16-21,34-36,58-60H,1-15,22-27H2,(H2,43,64)(H2,44,65)(H2,45,66)(H,46,61)(H,47,62)(H,48,63)/t34-,35-,36-/m0/s1. The smallest absolute Gasteiger partial charge is 0.242 e. The first-order valence-electron chi connectivity index (χ1n) is 22.5. The van der Waals surface area contributed by atoms with Crippen molar-refractivity contribution in [1.82, 2.24) is 60.9 Å². The molecule has 27 nitrogen and oxygen atoms in total. The van der Waals surface area contributed by atoms with E-state index in [-0.39, 0.29) is 56.8 Å². The Balaban J connectivity index is 1.28. The number of carbonyl (C=O) groups is 6. The molecule has 27 heteroatoms. The summed E-state index contributed by atoms with van der Waals surface area (Å²) in [5.74, 6) is -2.29. The Bertz CT molecular complexity index is 1990. The van der Waals surface area contributed by atoms with E-state index < -0.39 is 55.7 Å². The zero-order valence-electron chi connectivity index (χ0n) is 38.3. The summed E-state index contributed by atoms with van der Waals surface area (Å²) >= 11 is 0. The Morgan fingerprint density at radius 3 is 0.986 bits per heavy atom. The predicted octanol–water partition coefficient (Wildman–Crippen LogP) is -2.23. The fraction of sp³-hybridized carbons (Fsp3) is 0.571. The first-order chi connectivity index (χ1) is 33.2. The number of primary amides is 3. The number of aromatic nitrogens is 9. The van der Waals surface area contributed by atoms with Crippen LogP contribution in [-0.2, 0) is 68.2 Å². The predicted molar refractivity (Wildman–Crippen MR) is 240 cm³/mol. The van der Waals surface area contributed by atoms with E-state index in [0.717, 1.165) is 0 Å². The molecule has 0 aliphatic rings. The van der Waals surface area contributed by atoms with Gasteiger partial charge in [-0.05, 0) is 38.5 Å². The molecule has 0 bridgehead atoms. The Labute approximate surface area is 396 Å². The molecule has 4 rings (SSSR count). The largest absolute Gasteiger partial charge is 0.487 e. The number of aryl methyl sites for hydroxylation is 3. The molecule has 6 amide bonds. The number of benzene rings is 1. The van der Waals surface area contributed by atoms with Gasteiger partial charge in [-0.2, -0.15) is 0 Å². The minimum atomic E-state index is -1.11. The van der Waals surface area contributed by atoms with Crippen LogP contribution in [0.15, 0.2) is 36.8 Å². The van der Waals surface area contributed by atoms with Crippen LogP contribution in [0.2, 0.25) is 0 Å². The molecule has 0 saturated carbocycles. The highest BCUT2D eigenvalue weighted by molar-refractivity contribution is 5.87. The van der Waals surface area contributed by atoms with Crippen molar-refractivity contribution in [3.63, 3.8) is 0 Å². The molecule has 378 valence electrons. The number of hydrogen-bond donors (Lipinski definition) is 9. The average Bonchev–Trinajstić information content (AvgIpc) is 4.11. The van der Waals surface area contributed by atoms with E-state index in [4.69, 9.17) is 31.4 Å². The fourth-order valence-corrected chi connectivity index (χ4v) is 6.44. The molecule has 0 spiro atoms. The van der Waals surface area contributed by atoms with Gasteiger partial charge in [0.05, 0.1) is 38.4 Å². The highest BCUT2D eigenvalue weighted by Crippen LogP contribution is 2.29. The highest BCUT2D eigenvalue weighted by Gasteiger charge is 2.19. The third kappa shape index (κ3) is 20.7. The Morgan fingerprint density at radius 2 is 0.739 bits per heavy atom. The number of amides is 6. The van der Waals surface area contributed by atoms with Crippen LogP contribution in [0, 0.1) is 0 Å². The molecule has 12 N–H and O–H groups in total. The van der Waals surface area contributed by atoms with Gasteiger partial charge in [0, 0.05) is 57.1 Å². The van der Waals surface area contributed by atoms with Crippen molar-refractivity contribution in [3.05, 3.63) is 53.9 Å². The summed E-state index contributed by atoms with van der Waals surface area (Å²) in [5, 5.41) is 59.9. The molecule has 3 aromatic heterocycles. The maximum absolute atomic E-state index is 12.0. The Morgan fingerprint density at radius 1 is 0.464 bits per heavy atom. The van der Waals surface area contributed by atoms with Gasteiger partial charge in [-0.15, -0.1) is 15.3 Å². The molecule has 0 unspecified atom stereocenters. The van der Waals surface area contributed by atoms with Crippen molar-refractivity contribution >= 4 is 35.4 Å². The first kappa shape index (κ1) is 54.3. The van der Waals surface area contributed by atoms with Gasteiger partial charge in [-0.25, -0.2) is 0 Å². The van der Waals surface area contributed by atoms with E-state index in [9.17, 15) is 44.1 Å². The van der Waals surface area contributed by atoms with Crippen molar-refractivity contribution in [2.75, 3.05) is 19.8 Å². The van der Waals surface area contributed by atoms with Gasteiger partial charge in [-0.3, -0.25) is 42.8 Å². The second kappa shape index (κ2) is 29.5. The van der Waals surface area contributed by atoms with E-state index in [1.54, 1.807) is 50.8 Å². The minimum Gasteiger partial charge on any atom is -0.487 e. The SMILES string of the molecule is NC(=O)[C@H](CO)NC(=O)CCCCCn1cc(COc2cc(OCc3cn(CCCCCC(=O)N[C@@H](CO)C(N)=O)nn3)cc(OCc3cn(CCCCCC(=O)N[C@@H](CO)C(N)=O)nn3)c2)nn1. The third-order valence-corrected chi connectivity index (χ3v) is 10.2. The van der Waals surface area contributed by atoms with Crippen molar-refractivity contribution < 1.29 is 58.3 Å². The summed E-state index contributed by atoms with van der Waals surface area (Å²) in [5.41, 5.74) is 17.1. The van der Waals surface area contributed by atoms with Crippen LogP contribution in [-0.4, -0.2) is 134 Å². The normalized spacial score (nSPS) is 12.4. The monoisotopic (exact) mass is 969 g/mol. The molecular weight excluding hydrogens is 907 g/mol. The first-order valence-corrected chi connectivity index (χ1v) is 22.5. The summed E-state index contributed by atoms with van der Waals surface area (Å²) in [6.07, 6.45) is 11.7. The van der Waals surface area contributed by atoms with Crippen molar-refractivity contribution in [2.45, 2.75) is 135 Å². The van der Waals surface area contributed by atoms with Crippen LogP contribution in [0.3, 0.4) is 0 Å². The fourth-order valence-electron chi connectivity index (χ4n) is 6.44. The molecule has 3 atom stereocenters. The number of unbranched alkanes of at least 4 members (excludes halogenated alkanes) is 6. The van der Waals surface area contributed by atoms with Crippen LogP contribution >= 0.6 is 0 Å². The van der Waals surface area contributed by atoms with E-state index in [1.807, 2.05) is 0 Å². The lowest BCUT2D eigenvalue weighted by Crippen LogP contribution is -2.46. The molecule has 0 aliphatic carbocycles. The zero-order valence-corrected chi connectivity index (χ0v) is 38.3. The molecule has 4 aromatic rings. The second-order valence-corrected chi connectivity index (χ2v) is 16.0. The maximum atomic E-state index is 12.0. The van der Waals surface area contributed by atoms with E-state index in [2.05, 4.69) is 46.9 Å². The third-order valence-electron chi connectivity index (χ3n) is 10.2. The molecule has 0 fully saturated rings. The van der Waals surface area contributed by atoms with E-state index in [1.165, 1.54) is 0 Å². The average molecular weight is 970 g/mol. The molecular formula is C42H63N15O12. The molecule has 69 heavy (non-hydrogen) atoms. The summed E-state index contributed by atoms with van der Waals surface area (Å²) in [6, 6.07) is 1.74. The minimum absolute atomic E-state index is 0.0695. The molecule has 0 radical (unpaired) electrons. The van der Waals surface area contributed by atoms with Gasteiger partial charge in [0.1, 0.15) is 72.3 Å². The summed E-state index contributed by atoms with van der Waals surface area (Å²) in [7, 11) is 0. The van der Waals surface area contributed by atoms with Crippen LogP contribution in [0.25, 0.3) is 0 Å². The van der Waals surface area contributed by atoms with Gasteiger partial charge in [0.15, 0.2) is 0 Å². The van der Waals surface area contributed by atoms with Gasteiger partial charge in [0.25, 0.3) is 0 Å². The van der Waals surface area contributed by atoms with Gasteiger partial charge >= 0.3 is 0 Å². The van der Waals surface area contributed by atoms with Crippen LogP contribution < -0.4 is 47.4 Å². The lowest BCUT2D eigenvalue weighted by Gasteiger charge is -2.12. The topological polar surface area (TPSA) is 397 Å². The van der Waals surface area contributed by atoms with Crippen LogP contribution in [0.5, 0.6) is 17.2 Å². The lowest BCUT2D eigenvalue weighted by molar-refractivity contribution is -0.128. The molecule has 3 heterocycles. The van der Waals surface area contributed by atoms with E-state index >= 15 is 0 Å². The number of aliphatic hydroxyl groups excluding tert-OH is 3. The number of nitrogens with zero attached hydrogens (tertiary/aromatic N) is 9. The van der Waals surface area contributed by atoms with Crippen molar-refractivity contribution in [3.8, 4) is 17.2 Å². The summed E-state index contributed by atoms with van der Waals surface area (Å²) < 4.78 is 23.3. The number of carbonyl (C=O) groups excluding carboxylic acids is 6. The number of aliphatic hydroxyl groups is 3. The zero-order chi connectivity index (χ0) is 50.0. The van der Waals surface area contributed by atoms with Gasteiger partial charge < -0.3 is 62.7 Å². The lowest BCUT2D eigenvalue weighted by atomic mass is 10.1. The Kier molecular flexibility index (Phi) is 23.2. The number of nitrogens with two attached hydrogens (primary N) is 3. The summed E-state index contributed by atoms with van der Waals surface area (Å²) in [4.78, 5) is 69.9. The quantitative estimate of drug-likeness (QED) is 0.0218. The number of nitrogens with one attached hydrogen (secondary N) is 3. The van der Waals surface area contributed by atoms with Crippen LogP contribution in [0.4, 0.5) is 0 Å². The maximum Gasteiger partial charge on any atom is 0.242 e. The number of hydrogen-bond acceptors (Lipinski definition) is 18. The van der Waals surface area contributed by atoms with Crippen LogP contribution in [0.1, 0.15) is 94.1 Å². The number of rotatable bonds is 36. The number of ether oxygens (including phenoxy) is 3. The van der Waals surface area contributed by atoms with Crippen molar-refractivity contribution in [1.29, 1.82) is 0 Å². The van der Waals surface area contributed by atoms with E-state index in [0.29, 0.717) is 112 Å². The second-order valence-electron chi connectivity index (χ2n) is 16.0. The molecule has 0 aliphatic heterocycles. The van der Waals surface area contributed by atoms with Gasteiger partial charge in [-0.1, -0.05) is 34.9 Å². The highest BCUT2D eigenvalue weighted by atomic mass is 16.5. The van der Waals surface area contributed by atoms with Crippen molar-refractivity contribution in [2.24, 2.45) is 17.2 Å². The molecule has 0 saturated heterocycles.